The topological polar surface area (TPSA) is 66.5 Å². The molecule has 162 valence electrons. The lowest BCUT2D eigenvalue weighted by molar-refractivity contribution is -0.116. The molecule has 1 N–H and O–H groups in total. The Morgan fingerprint density at radius 2 is 1.74 bits per heavy atom. The van der Waals surface area contributed by atoms with Crippen LogP contribution >= 0.6 is 11.6 Å². The van der Waals surface area contributed by atoms with Crippen LogP contribution in [0.3, 0.4) is 0 Å². The van der Waals surface area contributed by atoms with Crippen LogP contribution in [0.2, 0.25) is 5.02 Å². The zero-order valence-corrected chi connectivity index (χ0v) is 18.7. The average molecular weight is 461 g/mol. The first kappa shape index (κ1) is 22.9. The Kier molecular flexibility index (Phi) is 7.10. The second kappa shape index (κ2) is 9.60. The molecular formula is C23H22ClFN2O3S. The maximum Gasteiger partial charge on any atom is 0.243 e. The van der Waals surface area contributed by atoms with E-state index in [4.69, 9.17) is 11.6 Å². The van der Waals surface area contributed by atoms with Gasteiger partial charge in [0.05, 0.1) is 11.4 Å². The summed E-state index contributed by atoms with van der Waals surface area (Å²) in [7, 11) is -3.98. The number of aryl methyl sites for hydroxylation is 2. The lowest BCUT2D eigenvalue weighted by Gasteiger charge is -2.22. The fourth-order valence-electron chi connectivity index (χ4n) is 3.00. The van der Waals surface area contributed by atoms with Gasteiger partial charge in [0.15, 0.2) is 0 Å². The fourth-order valence-corrected chi connectivity index (χ4v) is 4.60. The van der Waals surface area contributed by atoms with Crippen molar-refractivity contribution in [3.05, 3.63) is 94.3 Å². The Morgan fingerprint density at radius 1 is 1.03 bits per heavy atom. The normalized spacial score (nSPS) is 11.5. The van der Waals surface area contributed by atoms with E-state index in [2.05, 4.69) is 5.32 Å². The van der Waals surface area contributed by atoms with Crippen LogP contribution in [0.25, 0.3) is 0 Å². The van der Waals surface area contributed by atoms with Crippen LogP contribution in [0.15, 0.2) is 71.6 Å². The summed E-state index contributed by atoms with van der Waals surface area (Å²) in [5, 5.41) is 3.06. The number of amides is 1. The molecule has 0 heterocycles. The number of halogens is 2. The summed E-state index contributed by atoms with van der Waals surface area (Å²) in [6, 6.07) is 17.2. The van der Waals surface area contributed by atoms with Crippen LogP contribution < -0.4 is 5.32 Å². The third kappa shape index (κ3) is 5.91. The van der Waals surface area contributed by atoms with Crippen LogP contribution in [0.5, 0.6) is 0 Å². The molecule has 3 rings (SSSR count). The number of hydrogen-bond donors (Lipinski definition) is 1. The molecule has 0 bridgehead atoms. The number of anilines is 1. The van der Waals surface area contributed by atoms with E-state index in [1.54, 1.807) is 43.3 Å². The first-order chi connectivity index (χ1) is 14.6. The molecule has 8 heteroatoms. The van der Waals surface area contributed by atoms with E-state index < -0.39 is 28.3 Å². The van der Waals surface area contributed by atoms with Gasteiger partial charge in [-0.3, -0.25) is 4.79 Å². The van der Waals surface area contributed by atoms with Crippen molar-refractivity contribution in [2.24, 2.45) is 0 Å². The summed E-state index contributed by atoms with van der Waals surface area (Å²) in [4.78, 5) is 12.8. The highest BCUT2D eigenvalue weighted by Gasteiger charge is 2.27. The predicted octanol–water partition coefficient (Wildman–Crippen LogP) is 4.93. The van der Waals surface area contributed by atoms with Gasteiger partial charge in [0.1, 0.15) is 5.82 Å². The Bertz CT molecular complexity index is 1200. The van der Waals surface area contributed by atoms with E-state index in [1.165, 1.54) is 30.3 Å². The van der Waals surface area contributed by atoms with E-state index >= 15 is 0 Å². The molecule has 0 spiro atoms. The van der Waals surface area contributed by atoms with Gasteiger partial charge < -0.3 is 5.32 Å². The second-order valence-electron chi connectivity index (χ2n) is 7.22. The highest BCUT2D eigenvalue weighted by Crippen LogP contribution is 2.21. The molecular weight excluding hydrogens is 439 g/mol. The van der Waals surface area contributed by atoms with Gasteiger partial charge in [-0.15, -0.1) is 0 Å². The Balaban J connectivity index is 1.90. The predicted molar refractivity (Wildman–Crippen MR) is 120 cm³/mol. The summed E-state index contributed by atoms with van der Waals surface area (Å²) < 4.78 is 41.2. The summed E-state index contributed by atoms with van der Waals surface area (Å²) >= 11 is 6.04. The van der Waals surface area contributed by atoms with Crippen LogP contribution in [0, 0.1) is 19.7 Å². The largest absolute Gasteiger partial charge is 0.325 e. The highest BCUT2D eigenvalue weighted by atomic mass is 35.5. The van der Waals surface area contributed by atoms with Gasteiger partial charge >= 0.3 is 0 Å². The Morgan fingerprint density at radius 3 is 2.42 bits per heavy atom. The van der Waals surface area contributed by atoms with Crippen LogP contribution in [0.4, 0.5) is 10.1 Å². The minimum atomic E-state index is -3.98. The number of carbonyl (C=O) groups is 1. The SMILES string of the molecule is Cc1ccc(S(=O)(=O)N(CC(=O)Nc2cc(F)ccc2C)Cc2cccc(Cl)c2)cc1. The van der Waals surface area contributed by atoms with Crippen molar-refractivity contribution in [2.75, 3.05) is 11.9 Å². The first-order valence-electron chi connectivity index (χ1n) is 9.52. The van der Waals surface area contributed by atoms with Crippen LogP contribution in [-0.2, 0) is 21.4 Å². The van der Waals surface area contributed by atoms with Gasteiger partial charge in [-0.05, 0) is 61.4 Å². The molecule has 31 heavy (non-hydrogen) atoms. The van der Waals surface area contributed by atoms with Crippen LogP contribution in [-0.4, -0.2) is 25.2 Å². The second-order valence-corrected chi connectivity index (χ2v) is 9.60. The summed E-state index contributed by atoms with van der Waals surface area (Å²) in [5.74, 6) is -1.07. The highest BCUT2D eigenvalue weighted by molar-refractivity contribution is 7.89. The summed E-state index contributed by atoms with van der Waals surface area (Å²) in [6.45, 7) is 3.09. The molecule has 0 aliphatic heterocycles. The monoisotopic (exact) mass is 460 g/mol. The zero-order valence-electron chi connectivity index (χ0n) is 17.1. The van der Waals surface area contributed by atoms with Crippen molar-refractivity contribution in [2.45, 2.75) is 25.3 Å². The van der Waals surface area contributed by atoms with Crippen molar-refractivity contribution >= 4 is 33.2 Å². The van der Waals surface area contributed by atoms with Gasteiger partial charge in [0.25, 0.3) is 0 Å². The number of nitrogens with zero attached hydrogens (tertiary/aromatic N) is 1. The molecule has 3 aromatic rings. The summed E-state index contributed by atoms with van der Waals surface area (Å²) in [6.07, 6.45) is 0. The van der Waals surface area contributed by atoms with Crippen molar-refractivity contribution in [3.8, 4) is 0 Å². The first-order valence-corrected chi connectivity index (χ1v) is 11.3. The minimum absolute atomic E-state index is 0.0493. The number of carbonyl (C=O) groups excluding carboxylic acids is 1. The van der Waals surface area contributed by atoms with Gasteiger partial charge in [0.2, 0.25) is 15.9 Å². The molecule has 0 saturated heterocycles. The van der Waals surface area contributed by atoms with Crippen molar-refractivity contribution in [1.29, 1.82) is 0 Å². The maximum absolute atomic E-state index is 13.6. The van der Waals surface area contributed by atoms with E-state index in [0.29, 0.717) is 21.8 Å². The summed E-state index contributed by atoms with van der Waals surface area (Å²) in [5.41, 5.74) is 2.51. The molecule has 3 aromatic carbocycles. The van der Waals surface area contributed by atoms with Gasteiger partial charge in [-0.2, -0.15) is 4.31 Å². The molecule has 0 saturated carbocycles. The third-order valence-corrected chi connectivity index (χ3v) is 6.74. The van der Waals surface area contributed by atoms with Crippen molar-refractivity contribution < 1.29 is 17.6 Å². The number of benzene rings is 3. The van der Waals surface area contributed by atoms with E-state index in [9.17, 15) is 17.6 Å². The molecule has 0 aliphatic carbocycles. The maximum atomic E-state index is 13.6. The fraction of sp³-hybridized carbons (Fsp3) is 0.174. The molecule has 0 radical (unpaired) electrons. The number of rotatable bonds is 7. The molecule has 0 fully saturated rings. The Labute approximate surface area is 186 Å². The van der Waals surface area contributed by atoms with Crippen molar-refractivity contribution in [1.82, 2.24) is 4.31 Å². The minimum Gasteiger partial charge on any atom is -0.325 e. The molecule has 0 atom stereocenters. The van der Waals surface area contributed by atoms with E-state index in [-0.39, 0.29) is 11.4 Å². The smallest absolute Gasteiger partial charge is 0.243 e. The third-order valence-electron chi connectivity index (χ3n) is 4.70. The molecule has 1 amide bonds. The van der Waals surface area contributed by atoms with E-state index in [1.807, 2.05) is 6.92 Å². The number of hydrogen-bond acceptors (Lipinski definition) is 3. The standard InChI is InChI=1S/C23H22ClFN2O3S/c1-16-6-10-21(11-7-16)31(29,30)27(14-18-4-3-5-19(24)12-18)15-23(28)26-22-13-20(25)9-8-17(22)2/h3-13H,14-15H2,1-2H3,(H,26,28). The zero-order chi connectivity index (χ0) is 22.6. The molecule has 0 aliphatic rings. The van der Waals surface area contributed by atoms with Crippen molar-refractivity contribution in [3.63, 3.8) is 0 Å². The van der Waals surface area contributed by atoms with Gasteiger partial charge in [-0.1, -0.05) is 47.5 Å². The number of sulfonamides is 1. The van der Waals surface area contributed by atoms with Gasteiger partial charge in [-0.25, -0.2) is 12.8 Å². The number of nitrogens with one attached hydrogen (secondary N) is 1. The van der Waals surface area contributed by atoms with Gasteiger partial charge in [0, 0.05) is 17.3 Å². The quantitative estimate of drug-likeness (QED) is 0.544. The molecule has 0 unspecified atom stereocenters. The Hall–Kier alpha value is -2.74. The lowest BCUT2D eigenvalue weighted by atomic mass is 10.2. The molecule has 5 nitrogen and oxygen atoms in total. The average Bonchev–Trinajstić information content (AvgIpc) is 2.70. The lowest BCUT2D eigenvalue weighted by Crippen LogP contribution is -2.37. The van der Waals surface area contributed by atoms with Crippen LogP contribution in [0.1, 0.15) is 16.7 Å². The van der Waals surface area contributed by atoms with E-state index in [0.717, 1.165) is 9.87 Å². The molecule has 0 aromatic heterocycles.